The predicted octanol–water partition coefficient (Wildman–Crippen LogP) is 4.59. The Morgan fingerprint density at radius 2 is 1.69 bits per heavy atom. The van der Waals surface area contributed by atoms with Crippen molar-refractivity contribution in [3.63, 3.8) is 0 Å². The Labute approximate surface area is 105 Å². The van der Waals surface area contributed by atoms with E-state index in [2.05, 4.69) is 13.8 Å². The lowest BCUT2D eigenvalue weighted by atomic mass is 9.87. The van der Waals surface area contributed by atoms with Gasteiger partial charge in [0.2, 0.25) is 0 Å². The minimum atomic E-state index is 0.233. The molecule has 2 rings (SSSR count). The molecular weight excluding hydrogens is 238 g/mol. The molecule has 0 aromatic heterocycles. The highest BCUT2D eigenvalue weighted by Crippen LogP contribution is 2.31. The van der Waals surface area contributed by atoms with Crippen LogP contribution in [0.4, 0.5) is 5.69 Å². The lowest BCUT2D eigenvalue weighted by molar-refractivity contribution is 0.335. The van der Waals surface area contributed by atoms with Crippen LogP contribution in [-0.4, -0.2) is 11.5 Å². The molecular formula is C13H18ClNS. The van der Waals surface area contributed by atoms with Gasteiger partial charge in [-0.1, -0.05) is 36.1 Å². The maximum absolute atomic E-state index is 5.85. The molecule has 0 bridgehead atoms. The second-order valence-electron chi connectivity index (χ2n) is 5.10. The Hall–Kier alpha value is -0.340. The Kier molecular flexibility index (Phi) is 3.70. The van der Waals surface area contributed by atoms with Gasteiger partial charge in [0.1, 0.15) is 0 Å². The van der Waals surface area contributed by atoms with E-state index in [0.717, 1.165) is 10.7 Å². The molecule has 0 atom stereocenters. The summed E-state index contributed by atoms with van der Waals surface area (Å²) in [5, 5.41) is 0.784. The van der Waals surface area contributed by atoms with Crippen molar-refractivity contribution >= 4 is 28.0 Å². The van der Waals surface area contributed by atoms with E-state index >= 15 is 0 Å². The molecule has 3 heteroatoms. The predicted molar refractivity (Wildman–Crippen MR) is 73.7 cm³/mol. The van der Waals surface area contributed by atoms with E-state index in [1.165, 1.54) is 24.3 Å². The van der Waals surface area contributed by atoms with Crippen molar-refractivity contribution in [2.45, 2.75) is 26.7 Å². The van der Waals surface area contributed by atoms with Gasteiger partial charge in [-0.05, 0) is 42.5 Å². The molecule has 88 valence electrons. The smallest absolute Gasteiger partial charge is 0.0704 e. The number of hydrogen-bond acceptors (Lipinski definition) is 1. The molecule has 0 saturated carbocycles. The van der Waals surface area contributed by atoms with Crippen molar-refractivity contribution in [2.75, 3.05) is 11.5 Å². The van der Waals surface area contributed by atoms with E-state index < -0.39 is 0 Å². The fourth-order valence-corrected chi connectivity index (χ4v) is 4.27. The molecule has 1 nitrogen and oxygen atoms in total. The molecule has 1 aromatic rings. The SMILES string of the molecule is CC1(C)CCS(=Nc2ccc(Cl)cc2)CC1. The standard InChI is InChI=1S/C13H18ClNS/c1-13(2)7-9-16(10-8-13)15-12-5-3-11(14)4-6-12/h3-6H,7-10H2,1-2H3. The number of halogens is 1. The lowest BCUT2D eigenvalue weighted by Crippen LogP contribution is -2.24. The largest absolute Gasteiger partial charge is 0.228 e. The van der Waals surface area contributed by atoms with Gasteiger partial charge in [0.25, 0.3) is 0 Å². The summed E-state index contributed by atoms with van der Waals surface area (Å²) >= 11 is 5.85. The summed E-state index contributed by atoms with van der Waals surface area (Å²) in [5.74, 6) is 2.49. The topological polar surface area (TPSA) is 12.4 Å². The number of benzene rings is 1. The summed E-state index contributed by atoms with van der Waals surface area (Å²) < 4.78 is 4.79. The Balaban J connectivity index is 2.06. The maximum atomic E-state index is 5.85. The first-order chi connectivity index (χ1) is 7.55. The molecule has 1 heterocycles. The van der Waals surface area contributed by atoms with Gasteiger partial charge in [-0.2, -0.15) is 0 Å². The lowest BCUT2D eigenvalue weighted by Gasteiger charge is -2.30. The van der Waals surface area contributed by atoms with Crippen LogP contribution in [0.15, 0.2) is 28.6 Å². The summed E-state index contributed by atoms with van der Waals surface area (Å²) in [4.78, 5) is 0. The van der Waals surface area contributed by atoms with Crippen LogP contribution in [0.2, 0.25) is 5.02 Å². The third kappa shape index (κ3) is 3.33. The van der Waals surface area contributed by atoms with Crippen molar-refractivity contribution in [3.8, 4) is 0 Å². The van der Waals surface area contributed by atoms with Crippen molar-refractivity contribution in [1.82, 2.24) is 0 Å². The maximum Gasteiger partial charge on any atom is 0.0704 e. The highest BCUT2D eigenvalue weighted by Gasteiger charge is 2.23. The van der Waals surface area contributed by atoms with Crippen molar-refractivity contribution in [1.29, 1.82) is 0 Å². The second-order valence-corrected chi connectivity index (χ2v) is 7.46. The van der Waals surface area contributed by atoms with E-state index in [1.54, 1.807) is 0 Å². The Morgan fingerprint density at radius 1 is 1.12 bits per heavy atom. The molecule has 0 radical (unpaired) electrons. The van der Waals surface area contributed by atoms with Gasteiger partial charge < -0.3 is 0 Å². The number of hydrogen-bond donors (Lipinski definition) is 0. The first-order valence-corrected chi connectivity index (χ1v) is 7.60. The molecule has 0 spiro atoms. The van der Waals surface area contributed by atoms with E-state index in [1.807, 2.05) is 24.3 Å². The second kappa shape index (κ2) is 4.89. The Morgan fingerprint density at radius 3 is 2.25 bits per heavy atom. The van der Waals surface area contributed by atoms with Crippen LogP contribution >= 0.6 is 11.6 Å². The van der Waals surface area contributed by atoms with Gasteiger partial charge in [0.15, 0.2) is 0 Å². The average molecular weight is 256 g/mol. The quantitative estimate of drug-likeness (QED) is 0.696. The van der Waals surface area contributed by atoms with Crippen molar-refractivity contribution in [2.24, 2.45) is 9.78 Å². The summed E-state index contributed by atoms with van der Waals surface area (Å²) in [6.45, 7) is 4.71. The minimum Gasteiger partial charge on any atom is -0.228 e. The van der Waals surface area contributed by atoms with Crippen LogP contribution in [0.5, 0.6) is 0 Å². The van der Waals surface area contributed by atoms with Crippen LogP contribution < -0.4 is 0 Å². The van der Waals surface area contributed by atoms with Crippen LogP contribution in [0.3, 0.4) is 0 Å². The zero-order valence-corrected chi connectivity index (χ0v) is 11.4. The van der Waals surface area contributed by atoms with E-state index in [-0.39, 0.29) is 10.7 Å². The minimum absolute atomic E-state index is 0.233. The van der Waals surface area contributed by atoms with Gasteiger partial charge in [-0.15, -0.1) is 0 Å². The van der Waals surface area contributed by atoms with Crippen molar-refractivity contribution < 1.29 is 0 Å². The molecule has 0 amide bonds. The fourth-order valence-electron chi connectivity index (χ4n) is 1.76. The molecule has 0 unspecified atom stereocenters. The molecule has 0 N–H and O–H groups in total. The molecule has 1 aliphatic rings. The fraction of sp³-hybridized carbons (Fsp3) is 0.538. The zero-order chi connectivity index (χ0) is 11.6. The Bertz CT molecular complexity index is 383. The molecule has 0 aliphatic carbocycles. The molecule has 16 heavy (non-hydrogen) atoms. The summed E-state index contributed by atoms with van der Waals surface area (Å²) in [6.07, 6.45) is 2.60. The van der Waals surface area contributed by atoms with Crippen LogP contribution in [0.1, 0.15) is 26.7 Å². The normalized spacial score (nSPS) is 20.7. The highest BCUT2D eigenvalue weighted by atomic mass is 35.5. The van der Waals surface area contributed by atoms with Gasteiger partial charge in [0, 0.05) is 16.5 Å². The molecule has 1 fully saturated rings. The number of nitrogens with zero attached hydrogens (tertiary/aromatic N) is 1. The zero-order valence-electron chi connectivity index (χ0n) is 9.87. The van der Waals surface area contributed by atoms with Crippen LogP contribution in [0.25, 0.3) is 0 Å². The van der Waals surface area contributed by atoms with Crippen LogP contribution in [-0.2, 0) is 10.7 Å². The van der Waals surface area contributed by atoms with E-state index in [4.69, 9.17) is 16.0 Å². The molecule has 1 aromatic carbocycles. The first kappa shape index (κ1) is 12.1. The van der Waals surface area contributed by atoms with Gasteiger partial charge >= 0.3 is 0 Å². The summed E-state index contributed by atoms with van der Waals surface area (Å²) in [5.41, 5.74) is 1.60. The molecule has 1 saturated heterocycles. The average Bonchev–Trinajstić information content (AvgIpc) is 2.24. The third-order valence-electron chi connectivity index (χ3n) is 3.09. The van der Waals surface area contributed by atoms with Gasteiger partial charge in [-0.3, -0.25) is 0 Å². The van der Waals surface area contributed by atoms with Crippen LogP contribution in [0, 0.1) is 5.41 Å². The third-order valence-corrected chi connectivity index (χ3v) is 5.16. The van der Waals surface area contributed by atoms with E-state index in [0.29, 0.717) is 5.41 Å². The van der Waals surface area contributed by atoms with Gasteiger partial charge in [0.05, 0.1) is 5.69 Å². The monoisotopic (exact) mass is 255 g/mol. The number of rotatable bonds is 1. The van der Waals surface area contributed by atoms with Gasteiger partial charge in [-0.25, -0.2) is 4.36 Å². The first-order valence-electron chi connectivity index (χ1n) is 5.70. The summed E-state index contributed by atoms with van der Waals surface area (Å²) in [6, 6.07) is 7.85. The molecule has 1 aliphatic heterocycles. The summed E-state index contributed by atoms with van der Waals surface area (Å²) in [7, 11) is 0.233. The highest BCUT2D eigenvalue weighted by molar-refractivity contribution is 7.87. The van der Waals surface area contributed by atoms with Crippen molar-refractivity contribution in [3.05, 3.63) is 29.3 Å². The van der Waals surface area contributed by atoms with E-state index in [9.17, 15) is 0 Å².